The van der Waals surface area contributed by atoms with Crippen molar-refractivity contribution >= 4 is 11.6 Å². The van der Waals surface area contributed by atoms with Crippen LogP contribution in [-0.2, 0) is 19.1 Å². The van der Waals surface area contributed by atoms with Crippen molar-refractivity contribution < 1.29 is 18.3 Å². The molecule has 0 saturated heterocycles. The molecule has 0 radical (unpaired) electrons. The van der Waals surface area contributed by atoms with E-state index in [-0.39, 0.29) is 12.1 Å². The second kappa shape index (κ2) is 7.12. The lowest BCUT2D eigenvalue weighted by atomic mass is 10.1. The summed E-state index contributed by atoms with van der Waals surface area (Å²) in [4.78, 5) is 9.79. The number of aliphatic hydroxyl groups excluding tert-OH is 1. The number of aliphatic hydroxyl groups is 1. The predicted octanol–water partition coefficient (Wildman–Crippen LogP) is 2.78. The molecular weight excluding hydrogens is 397 g/mol. The van der Waals surface area contributed by atoms with Gasteiger partial charge in [0.25, 0.3) is 0 Å². The van der Waals surface area contributed by atoms with Gasteiger partial charge < -0.3 is 5.11 Å². The van der Waals surface area contributed by atoms with Crippen LogP contribution in [0.25, 0.3) is 5.82 Å². The van der Waals surface area contributed by atoms with Crippen LogP contribution in [0.15, 0.2) is 36.8 Å². The van der Waals surface area contributed by atoms with Crippen molar-refractivity contribution in [3.8, 4) is 5.82 Å². The number of nitrogens with zero attached hydrogens (tertiary/aromatic N) is 6. The van der Waals surface area contributed by atoms with E-state index in [1.165, 1.54) is 18.3 Å². The van der Waals surface area contributed by atoms with Crippen LogP contribution >= 0.6 is 11.6 Å². The molecule has 3 heterocycles. The first kappa shape index (κ1) is 18.8. The Kier molecular flexibility index (Phi) is 4.77. The minimum absolute atomic E-state index is 0.00117. The number of alkyl halides is 3. The van der Waals surface area contributed by atoms with E-state index in [1.54, 1.807) is 22.0 Å². The maximum atomic E-state index is 13.1. The zero-order chi connectivity index (χ0) is 19.9. The van der Waals surface area contributed by atoms with E-state index in [2.05, 4.69) is 20.3 Å². The van der Waals surface area contributed by atoms with E-state index in [4.69, 9.17) is 11.6 Å². The summed E-state index contributed by atoms with van der Waals surface area (Å²) in [6, 6.07) is 3.50. The first-order valence-corrected chi connectivity index (χ1v) is 8.71. The Balaban J connectivity index is 1.60. The molecule has 0 aliphatic carbocycles. The van der Waals surface area contributed by atoms with Crippen LogP contribution in [0.2, 0.25) is 5.02 Å². The first-order valence-electron chi connectivity index (χ1n) is 8.34. The zero-order valence-electron chi connectivity index (χ0n) is 14.3. The van der Waals surface area contributed by atoms with Gasteiger partial charge in [-0.15, -0.1) is 5.10 Å². The summed E-state index contributed by atoms with van der Waals surface area (Å²) in [5.74, 6) is 0.520. The van der Waals surface area contributed by atoms with Crippen molar-refractivity contribution in [2.75, 3.05) is 6.54 Å². The van der Waals surface area contributed by atoms with E-state index >= 15 is 0 Å². The standard InChI is InChI=1S/C17H14ClF3N6O/c18-15-10(2-1-3-11(15)17(19,20)21)16(28)26-7-4-13-12(9-26)24-25-27(13)14-8-22-5-6-23-14/h1-3,5-6,8,16,28H,4,7,9H2. The summed E-state index contributed by atoms with van der Waals surface area (Å²) in [6.45, 7) is 0.595. The highest BCUT2D eigenvalue weighted by Crippen LogP contribution is 2.39. The molecule has 0 bridgehead atoms. The van der Waals surface area contributed by atoms with Crippen LogP contribution in [0.5, 0.6) is 0 Å². The summed E-state index contributed by atoms with van der Waals surface area (Å²) in [5.41, 5.74) is 0.455. The van der Waals surface area contributed by atoms with Crippen LogP contribution in [0, 0.1) is 0 Å². The van der Waals surface area contributed by atoms with E-state index in [0.717, 1.165) is 11.8 Å². The van der Waals surface area contributed by atoms with Crippen molar-refractivity contribution in [3.05, 3.63) is 64.3 Å². The summed E-state index contributed by atoms with van der Waals surface area (Å²) >= 11 is 5.94. The van der Waals surface area contributed by atoms with Gasteiger partial charge in [-0.3, -0.25) is 9.88 Å². The SMILES string of the molecule is OC(c1cccc(C(F)(F)F)c1Cl)N1CCc2c(nnn2-c2cnccn2)C1. The monoisotopic (exact) mass is 410 g/mol. The molecule has 0 spiro atoms. The molecule has 146 valence electrons. The minimum Gasteiger partial charge on any atom is -0.374 e. The van der Waals surface area contributed by atoms with E-state index < -0.39 is 23.0 Å². The van der Waals surface area contributed by atoms with Gasteiger partial charge in [-0.1, -0.05) is 28.9 Å². The molecule has 28 heavy (non-hydrogen) atoms. The Hall–Kier alpha value is -2.56. The molecule has 0 fully saturated rings. The second-order valence-electron chi connectivity index (χ2n) is 6.26. The van der Waals surface area contributed by atoms with Crippen molar-refractivity contribution in [1.29, 1.82) is 0 Å². The van der Waals surface area contributed by atoms with Gasteiger partial charge in [-0.05, 0) is 6.07 Å². The average Bonchev–Trinajstić information content (AvgIpc) is 3.10. The van der Waals surface area contributed by atoms with Crippen molar-refractivity contribution in [2.24, 2.45) is 0 Å². The van der Waals surface area contributed by atoms with Gasteiger partial charge in [0.05, 0.1) is 22.5 Å². The molecule has 1 atom stereocenters. The molecule has 1 aliphatic heterocycles. The smallest absolute Gasteiger partial charge is 0.374 e. The van der Waals surface area contributed by atoms with E-state index in [9.17, 15) is 18.3 Å². The topological polar surface area (TPSA) is 80.0 Å². The third-order valence-electron chi connectivity index (χ3n) is 4.56. The van der Waals surface area contributed by atoms with Gasteiger partial charge in [-0.2, -0.15) is 17.9 Å². The van der Waals surface area contributed by atoms with Gasteiger partial charge in [0.1, 0.15) is 11.9 Å². The highest BCUT2D eigenvalue weighted by atomic mass is 35.5. The number of aromatic nitrogens is 5. The highest BCUT2D eigenvalue weighted by molar-refractivity contribution is 6.32. The lowest BCUT2D eigenvalue weighted by molar-refractivity contribution is -0.137. The fraction of sp³-hybridized carbons (Fsp3) is 0.294. The molecule has 1 unspecified atom stereocenters. The molecule has 4 rings (SSSR count). The van der Waals surface area contributed by atoms with Crippen LogP contribution in [0.1, 0.15) is 28.7 Å². The average molecular weight is 411 g/mol. The molecule has 7 nitrogen and oxygen atoms in total. The number of hydrogen-bond acceptors (Lipinski definition) is 6. The summed E-state index contributed by atoms with van der Waals surface area (Å²) in [6.07, 6.45) is -0.779. The van der Waals surface area contributed by atoms with E-state index in [1.807, 2.05) is 0 Å². The summed E-state index contributed by atoms with van der Waals surface area (Å²) < 4.78 is 40.8. The Morgan fingerprint density at radius 3 is 2.75 bits per heavy atom. The lowest BCUT2D eigenvalue weighted by Gasteiger charge is -2.31. The van der Waals surface area contributed by atoms with Crippen LogP contribution in [0.3, 0.4) is 0 Å². The number of benzene rings is 1. The van der Waals surface area contributed by atoms with Crippen molar-refractivity contribution in [2.45, 2.75) is 25.4 Å². The largest absolute Gasteiger partial charge is 0.417 e. The third kappa shape index (κ3) is 3.34. The van der Waals surface area contributed by atoms with Gasteiger partial charge >= 0.3 is 6.18 Å². The fourth-order valence-electron chi connectivity index (χ4n) is 3.18. The van der Waals surface area contributed by atoms with Gasteiger partial charge in [0.15, 0.2) is 5.82 Å². The van der Waals surface area contributed by atoms with Crippen LogP contribution in [-0.4, -0.2) is 41.5 Å². The molecular formula is C17H14ClF3N6O. The van der Waals surface area contributed by atoms with Gasteiger partial charge in [0, 0.05) is 37.5 Å². The fourth-order valence-corrected chi connectivity index (χ4v) is 3.52. The summed E-state index contributed by atoms with van der Waals surface area (Å²) in [5, 5.41) is 18.4. The second-order valence-corrected chi connectivity index (χ2v) is 6.64. The molecule has 3 aromatic rings. The number of hydrogen-bond donors (Lipinski definition) is 1. The lowest BCUT2D eigenvalue weighted by Crippen LogP contribution is -2.35. The molecule has 1 aromatic carbocycles. The Morgan fingerprint density at radius 1 is 1.21 bits per heavy atom. The van der Waals surface area contributed by atoms with Gasteiger partial charge in [-0.25, -0.2) is 4.98 Å². The predicted molar refractivity (Wildman–Crippen MR) is 92.5 cm³/mol. The highest BCUT2D eigenvalue weighted by Gasteiger charge is 2.36. The third-order valence-corrected chi connectivity index (χ3v) is 4.98. The molecule has 0 saturated carbocycles. The minimum atomic E-state index is -4.60. The molecule has 1 N–H and O–H groups in total. The van der Waals surface area contributed by atoms with Crippen LogP contribution < -0.4 is 0 Å². The van der Waals surface area contributed by atoms with Gasteiger partial charge in [0.2, 0.25) is 0 Å². The maximum absolute atomic E-state index is 13.1. The van der Waals surface area contributed by atoms with Crippen LogP contribution in [0.4, 0.5) is 13.2 Å². The van der Waals surface area contributed by atoms with Crippen molar-refractivity contribution in [3.63, 3.8) is 0 Å². The quantitative estimate of drug-likeness (QED) is 0.715. The zero-order valence-corrected chi connectivity index (χ0v) is 15.1. The van der Waals surface area contributed by atoms with E-state index in [0.29, 0.717) is 24.5 Å². The normalized spacial score (nSPS) is 16.0. The van der Waals surface area contributed by atoms with Crippen molar-refractivity contribution in [1.82, 2.24) is 29.9 Å². The number of halogens is 4. The molecule has 0 amide bonds. The first-order chi connectivity index (χ1) is 13.4. The number of fused-ring (bicyclic) bond motifs is 1. The number of rotatable bonds is 3. The molecule has 1 aliphatic rings. The maximum Gasteiger partial charge on any atom is 0.417 e. The Bertz CT molecular complexity index is 994. The molecule has 2 aromatic heterocycles. The Morgan fingerprint density at radius 2 is 2.04 bits per heavy atom. The Labute approximate surface area is 162 Å². The summed E-state index contributed by atoms with van der Waals surface area (Å²) in [7, 11) is 0. The molecule has 11 heteroatoms.